The maximum Gasteiger partial charge on any atom is 0.295 e. The van der Waals surface area contributed by atoms with Crippen molar-refractivity contribution >= 4 is 56.0 Å². The van der Waals surface area contributed by atoms with E-state index in [1.165, 1.54) is 17.4 Å². The summed E-state index contributed by atoms with van der Waals surface area (Å²) < 4.78 is 12.3. The van der Waals surface area contributed by atoms with Crippen molar-refractivity contribution < 1.29 is 13.9 Å². The Bertz CT molecular complexity index is 1360. The highest BCUT2D eigenvalue weighted by Gasteiger charge is 2.25. The number of carbonyl (C=O) groups is 1. The zero-order chi connectivity index (χ0) is 22.8. The van der Waals surface area contributed by atoms with Gasteiger partial charge in [0, 0.05) is 32.2 Å². The molecule has 1 fully saturated rings. The smallest absolute Gasteiger partial charge is 0.295 e. The number of benzene rings is 2. The Hall–Kier alpha value is -2.78. The van der Waals surface area contributed by atoms with Gasteiger partial charge in [-0.3, -0.25) is 19.4 Å². The number of nitrogens with zero attached hydrogens (tertiary/aromatic N) is 3. The van der Waals surface area contributed by atoms with Crippen molar-refractivity contribution in [1.82, 2.24) is 9.88 Å². The maximum absolute atomic E-state index is 13.6. The molecule has 0 saturated carbocycles. The van der Waals surface area contributed by atoms with Crippen LogP contribution >= 0.6 is 23.7 Å². The number of anilines is 1. The van der Waals surface area contributed by atoms with Gasteiger partial charge in [-0.2, -0.15) is 0 Å². The molecule has 1 saturated heterocycles. The summed E-state index contributed by atoms with van der Waals surface area (Å²) >= 11 is 1.48. The second kappa shape index (κ2) is 10.7. The van der Waals surface area contributed by atoms with E-state index in [1.54, 1.807) is 29.2 Å². The van der Waals surface area contributed by atoms with Gasteiger partial charge in [-0.15, -0.1) is 12.4 Å². The number of amides is 1. The van der Waals surface area contributed by atoms with Crippen LogP contribution in [0.15, 0.2) is 57.7 Å². The number of para-hydroxylation sites is 2. The molecule has 7 nitrogen and oxygen atoms in total. The minimum atomic E-state index is -0.350. The van der Waals surface area contributed by atoms with Crippen molar-refractivity contribution in [2.24, 2.45) is 0 Å². The molecule has 0 N–H and O–H groups in total. The molecule has 0 spiro atoms. The van der Waals surface area contributed by atoms with Gasteiger partial charge in [-0.05, 0) is 37.1 Å². The van der Waals surface area contributed by atoms with E-state index in [0.717, 1.165) is 55.0 Å². The van der Waals surface area contributed by atoms with Crippen molar-refractivity contribution in [3.05, 3.63) is 70.1 Å². The molecular weight excluding hydrogens is 474 g/mol. The van der Waals surface area contributed by atoms with E-state index in [-0.39, 0.29) is 29.5 Å². The third-order valence-corrected chi connectivity index (χ3v) is 6.93. The van der Waals surface area contributed by atoms with Crippen molar-refractivity contribution in [3.63, 3.8) is 0 Å². The van der Waals surface area contributed by atoms with Crippen molar-refractivity contribution in [2.75, 3.05) is 44.3 Å². The monoisotopic (exact) mass is 499 g/mol. The molecule has 0 bridgehead atoms. The fraction of sp³-hybridized carbons (Fsp3) is 0.320. The van der Waals surface area contributed by atoms with Gasteiger partial charge >= 0.3 is 0 Å². The molecule has 5 rings (SSSR count). The quantitative estimate of drug-likeness (QED) is 0.389. The van der Waals surface area contributed by atoms with E-state index in [0.29, 0.717) is 22.6 Å². The molecule has 178 valence electrons. The van der Waals surface area contributed by atoms with Crippen LogP contribution < -0.4 is 10.3 Å². The fourth-order valence-corrected chi connectivity index (χ4v) is 5.16. The number of hydrogen-bond acceptors (Lipinski definition) is 7. The lowest BCUT2D eigenvalue weighted by molar-refractivity contribution is 0.0376. The van der Waals surface area contributed by atoms with Gasteiger partial charge in [0.25, 0.3) is 5.91 Å². The van der Waals surface area contributed by atoms with Crippen LogP contribution in [-0.2, 0) is 4.74 Å². The van der Waals surface area contributed by atoms with E-state index < -0.39 is 0 Å². The van der Waals surface area contributed by atoms with Gasteiger partial charge in [-0.1, -0.05) is 35.6 Å². The van der Waals surface area contributed by atoms with Crippen LogP contribution in [0.3, 0.4) is 0 Å². The summed E-state index contributed by atoms with van der Waals surface area (Å²) in [5.41, 5.74) is 2.13. The van der Waals surface area contributed by atoms with Crippen LogP contribution in [0.4, 0.5) is 5.13 Å². The number of fused-ring (bicyclic) bond motifs is 2. The normalized spacial score (nSPS) is 14.3. The molecule has 3 heterocycles. The van der Waals surface area contributed by atoms with E-state index in [1.807, 2.05) is 25.1 Å². The first-order chi connectivity index (χ1) is 16.1. The average molecular weight is 500 g/mol. The second-order valence-corrected chi connectivity index (χ2v) is 9.16. The van der Waals surface area contributed by atoms with Crippen LogP contribution in [0.25, 0.3) is 21.2 Å². The lowest BCUT2D eigenvalue weighted by Gasteiger charge is -2.27. The summed E-state index contributed by atoms with van der Waals surface area (Å²) in [6.07, 6.45) is 0.776. The Morgan fingerprint density at radius 1 is 1.15 bits per heavy atom. The van der Waals surface area contributed by atoms with Crippen LogP contribution in [-0.4, -0.2) is 55.2 Å². The predicted molar refractivity (Wildman–Crippen MR) is 138 cm³/mol. The zero-order valence-corrected chi connectivity index (χ0v) is 20.5. The maximum atomic E-state index is 13.6. The number of morpholine rings is 1. The molecule has 1 aliphatic heterocycles. The second-order valence-electron chi connectivity index (χ2n) is 8.15. The van der Waals surface area contributed by atoms with Crippen LogP contribution in [0.2, 0.25) is 0 Å². The summed E-state index contributed by atoms with van der Waals surface area (Å²) in [5.74, 6) is -0.322. The van der Waals surface area contributed by atoms with Gasteiger partial charge < -0.3 is 9.15 Å². The van der Waals surface area contributed by atoms with Gasteiger partial charge in [0.05, 0.1) is 28.8 Å². The molecule has 0 unspecified atom stereocenters. The Balaban J connectivity index is 0.00000274. The van der Waals surface area contributed by atoms with E-state index in [9.17, 15) is 9.59 Å². The number of aromatic nitrogens is 1. The highest BCUT2D eigenvalue weighted by Crippen LogP contribution is 2.31. The first-order valence-corrected chi connectivity index (χ1v) is 11.9. The lowest BCUT2D eigenvalue weighted by Crippen LogP contribution is -2.39. The SMILES string of the molecule is Cc1cccc2sc(N(CCCN3CCOCC3)C(=O)c3cc(=O)c4ccccc4o3)nc12.Cl. The summed E-state index contributed by atoms with van der Waals surface area (Å²) in [5, 5.41) is 1.07. The minimum Gasteiger partial charge on any atom is -0.451 e. The van der Waals surface area contributed by atoms with E-state index >= 15 is 0 Å². The molecule has 2 aromatic heterocycles. The molecule has 34 heavy (non-hydrogen) atoms. The van der Waals surface area contributed by atoms with Crippen LogP contribution in [0.1, 0.15) is 22.5 Å². The van der Waals surface area contributed by atoms with Crippen LogP contribution in [0.5, 0.6) is 0 Å². The highest BCUT2D eigenvalue weighted by atomic mass is 35.5. The van der Waals surface area contributed by atoms with Crippen molar-refractivity contribution in [1.29, 1.82) is 0 Å². The minimum absolute atomic E-state index is 0. The zero-order valence-electron chi connectivity index (χ0n) is 18.9. The number of rotatable bonds is 6. The number of aryl methyl sites for hydroxylation is 1. The Kier molecular flexibility index (Phi) is 7.63. The number of ether oxygens (including phenoxy) is 1. The molecule has 2 aromatic carbocycles. The van der Waals surface area contributed by atoms with Gasteiger partial charge in [0.1, 0.15) is 5.58 Å². The number of halogens is 1. The third-order valence-electron chi connectivity index (χ3n) is 5.89. The van der Waals surface area contributed by atoms with Gasteiger partial charge in [0.2, 0.25) is 0 Å². The number of hydrogen-bond donors (Lipinski definition) is 0. The highest BCUT2D eigenvalue weighted by molar-refractivity contribution is 7.22. The van der Waals surface area contributed by atoms with Crippen LogP contribution in [0, 0.1) is 6.92 Å². The lowest BCUT2D eigenvalue weighted by atomic mass is 10.2. The third kappa shape index (κ3) is 5.00. The fourth-order valence-electron chi connectivity index (χ4n) is 4.09. The Morgan fingerprint density at radius 3 is 2.74 bits per heavy atom. The summed E-state index contributed by atoms with van der Waals surface area (Å²) in [4.78, 5) is 35.0. The summed E-state index contributed by atoms with van der Waals surface area (Å²) in [6.45, 7) is 6.62. The molecule has 1 amide bonds. The Morgan fingerprint density at radius 2 is 1.94 bits per heavy atom. The Labute approximate surface area is 207 Å². The summed E-state index contributed by atoms with van der Waals surface area (Å²) in [7, 11) is 0. The van der Waals surface area contributed by atoms with E-state index in [4.69, 9.17) is 14.1 Å². The first kappa shape index (κ1) is 24.3. The largest absolute Gasteiger partial charge is 0.451 e. The van der Waals surface area contributed by atoms with Crippen molar-refractivity contribution in [2.45, 2.75) is 13.3 Å². The van der Waals surface area contributed by atoms with E-state index in [2.05, 4.69) is 4.90 Å². The molecule has 0 radical (unpaired) electrons. The number of carbonyl (C=O) groups excluding carboxylic acids is 1. The van der Waals surface area contributed by atoms with Gasteiger partial charge in [0.15, 0.2) is 16.3 Å². The van der Waals surface area contributed by atoms with Crippen molar-refractivity contribution in [3.8, 4) is 0 Å². The predicted octanol–water partition coefficient (Wildman–Crippen LogP) is 4.50. The van der Waals surface area contributed by atoms with Gasteiger partial charge in [-0.25, -0.2) is 4.98 Å². The standard InChI is InChI=1S/C25H25N3O4S.ClH/c1-17-6-4-9-22-23(17)26-25(33-22)28(11-5-10-27-12-14-31-15-13-27)24(30)21-16-19(29)18-7-2-3-8-20(18)32-21;/h2-4,6-9,16H,5,10-15H2,1H3;1H. The molecular formula is C25H26ClN3O4S. The molecule has 9 heteroatoms. The molecule has 0 atom stereocenters. The molecule has 1 aliphatic rings. The average Bonchev–Trinajstić information content (AvgIpc) is 3.27. The molecule has 4 aromatic rings. The topological polar surface area (TPSA) is 75.9 Å². The summed E-state index contributed by atoms with van der Waals surface area (Å²) in [6, 6.07) is 14.3. The molecule has 0 aliphatic carbocycles. The first-order valence-electron chi connectivity index (χ1n) is 11.1. The number of thiazole rings is 1.